The molecule has 2 atom stereocenters. The molecular formula is C18H25N3O. The number of hydrogen-bond acceptors (Lipinski definition) is 3. The molecule has 0 saturated heterocycles. The molecule has 1 fully saturated rings. The zero-order valence-corrected chi connectivity index (χ0v) is 13.2. The summed E-state index contributed by atoms with van der Waals surface area (Å²) in [7, 11) is 2.13. The molecule has 1 N–H and O–H groups in total. The first-order valence-corrected chi connectivity index (χ1v) is 8.16. The van der Waals surface area contributed by atoms with Crippen molar-refractivity contribution in [3.8, 4) is 0 Å². The Hall–Kier alpha value is -1.65. The molecular weight excluding hydrogens is 274 g/mol. The van der Waals surface area contributed by atoms with Crippen molar-refractivity contribution >= 4 is 0 Å². The molecule has 1 aliphatic rings. The molecule has 0 spiro atoms. The summed E-state index contributed by atoms with van der Waals surface area (Å²) in [6.07, 6.45) is 8.03. The summed E-state index contributed by atoms with van der Waals surface area (Å²) in [5.41, 5.74) is 2.61. The Morgan fingerprint density at radius 1 is 1.18 bits per heavy atom. The van der Waals surface area contributed by atoms with Gasteiger partial charge in [0.05, 0.1) is 12.6 Å². The summed E-state index contributed by atoms with van der Waals surface area (Å²) in [5.74, 6) is 0. The molecule has 4 heteroatoms. The fourth-order valence-electron chi connectivity index (χ4n) is 3.43. The van der Waals surface area contributed by atoms with Gasteiger partial charge in [0.25, 0.3) is 0 Å². The monoisotopic (exact) mass is 299 g/mol. The number of likely N-dealkylation sites (N-methyl/N-ethyl adjacent to an activating group) is 1. The predicted octanol–water partition coefficient (Wildman–Crippen LogP) is 2.67. The van der Waals surface area contributed by atoms with E-state index in [-0.39, 0.29) is 12.1 Å². The number of rotatable bonds is 5. The summed E-state index contributed by atoms with van der Waals surface area (Å²) in [4.78, 5) is 2.31. The van der Waals surface area contributed by atoms with E-state index >= 15 is 0 Å². The van der Waals surface area contributed by atoms with Crippen LogP contribution in [0.5, 0.6) is 0 Å². The van der Waals surface area contributed by atoms with E-state index < -0.39 is 0 Å². The van der Waals surface area contributed by atoms with Gasteiger partial charge >= 0.3 is 0 Å². The number of hydrogen-bond donors (Lipinski definition) is 1. The van der Waals surface area contributed by atoms with Crippen molar-refractivity contribution in [3.63, 3.8) is 0 Å². The van der Waals surface area contributed by atoms with Crippen molar-refractivity contribution in [2.24, 2.45) is 0 Å². The topological polar surface area (TPSA) is 41.3 Å². The highest BCUT2D eigenvalue weighted by molar-refractivity contribution is 5.27. The third-order valence-corrected chi connectivity index (χ3v) is 4.69. The standard InChI is InChI=1S/C18H25N3O/c1-20(17-9-4-5-10-18(17)22)13-15-7-2-3-8-16(15)14-21-12-6-11-19-21/h2-3,6-8,11-12,17-18,22H,4-5,9-10,13-14H2,1H3/t17-,18+/m1/s1. The Bertz CT molecular complexity index is 582. The van der Waals surface area contributed by atoms with E-state index in [1.54, 1.807) is 0 Å². The van der Waals surface area contributed by atoms with E-state index in [4.69, 9.17) is 0 Å². The van der Waals surface area contributed by atoms with Gasteiger partial charge in [-0.15, -0.1) is 0 Å². The zero-order chi connectivity index (χ0) is 15.4. The Labute approximate surface area is 132 Å². The molecule has 1 aromatic carbocycles. The Kier molecular flexibility index (Phi) is 4.90. The molecule has 1 saturated carbocycles. The lowest BCUT2D eigenvalue weighted by Gasteiger charge is -2.35. The highest BCUT2D eigenvalue weighted by Crippen LogP contribution is 2.24. The minimum Gasteiger partial charge on any atom is -0.391 e. The summed E-state index contributed by atoms with van der Waals surface area (Å²) < 4.78 is 1.95. The predicted molar refractivity (Wildman–Crippen MR) is 87.5 cm³/mol. The zero-order valence-electron chi connectivity index (χ0n) is 13.2. The van der Waals surface area contributed by atoms with Gasteiger partial charge in [0.1, 0.15) is 0 Å². The van der Waals surface area contributed by atoms with Gasteiger partial charge < -0.3 is 5.11 Å². The van der Waals surface area contributed by atoms with E-state index in [1.165, 1.54) is 17.5 Å². The molecule has 1 aromatic heterocycles. The molecule has 0 aliphatic heterocycles. The van der Waals surface area contributed by atoms with Gasteiger partial charge in [-0.1, -0.05) is 37.1 Å². The average molecular weight is 299 g/mol. The third-order valence-electron chi connectivity index (χ3n) is 4.69. The van der Waals surface area contributed by atoms with Crippen LogP contribution < -0.4 is 0 Å². The van der Waals surface area contributed by atoms with Crippen LogP contribution in [-0.2, 0) is 13.1 Å². The lowest BCUT2D eigenvalue weighted by molar-refractivity contribution is 0.0287. The van der Waals surface area contributed by atoms with E-state index in [9.17, 15) is 5.11 Å². The smallest absolute Gasteiger partial charge is 0.0695 e. The van der Waals surface area contributed by atoms with Crippen molar-refractivity contribution in [2.45, 2.75) is 50.9 Å². The summed E-state index contributed by atoms with van der Waals surface area (Å²) >= 11 is 0. The Balaban J connectivity index is 1.71. The average Bonchev–Trinajstić information content (AvgIpc) is 3.02. The van der Waals surface area contributed by atoms with E-state index in [1.807, 2.05) is 23.1 Å². The van der Waals surface area contributed by atoms with Gasteiger partial charge in [0.15, 0.2) is 0 Å². The number of aliphatic hydroxyl groups excluding tert-OH is 1. The van der Waals surface area contributed by atoms with Crippen molar-refractivity contribution in [1.82, 2.24) is 14.7 Å². The molecule has 1 heterocycles. The minimum atomic E-state index is -0.183. The number of aromatic nitrogens is 2. The first-order chi connectivity index (χ1) is 10.7. The lowest BCUT2D eigenvalue weighted by Crippen LogP contribution is -2.43. The first kappa shape index (κ1) is 15.3. The fourth-order valence-corrected chi connectivity index (χ4v) is 3.43. The second-order valence-electron chi connectivity index (χ2n) is 6.31. The second-order valence-corrected chi connectivity index (χ2v) is 6.31. The maximum Gasteiger partial charge on any atom is 0.0695 e. The van der Waals surface area contributed by atoms with Crippen LogP contribution in [0, 0.1) is 0 Å². The van der Waals surface area contributed by atoms with Crippen molar-refractivity contribution in [3.05, 3.63) is 53.9 Å². The maximum absolute atomic E-state index is 10.2. The highest BCUT2D eigenvalue weighted by Gasteiger charge is 2.26. The van der Waals surface area contributed by atoms with Crippen molar-refractivity contribution in [2.75, 3.05) is 7.05 Å². The van der Waals surface area contributed by atoms with Gasteiger partial charge in [-0.05, 0) is 37.1 Å². The van der Waals surface area contributed by atoms with Gasteiger partial charge in [0, 0.05) is 25.0 Å². The maximum atomic E-state index is 10.2. The molecule has 0 amide bonds. The van der Waals surface area contributed by atoms with E-state index in [0.717, 1.165) is 32.4 Å². The molecule has 22 heavy (non-hydrogen) atoms. The van der Waals surface area contributed by atoms with Crippen LogP contribution in [0.4, 0.5) is 0 Å². The van der Waals surface area contributed by atoms with Gasteiger partial charge in [0.2, 0.25) is 0 Å². The Morgan fingerprint density at radius 3 is 2.68 bits per heavy atom. The van der Waals surface area contributed by atoms with Crippen LogP contribution in [0.15, 0.2) is 42.7 Å². The first-order valence-electron chi connectivity index (χ1n) is 8.16. The molecule has 2 aromatic rings. The van der Waals surface area contributed by atoms with Gasteiger partial charge in [-0.2, -0.15) is 5.10 Å². The highest BCUT2D eigenvalue weighted by atomic mass is 16.3. The molecule has 118 valence electrons. The molecule has 4 nitrogen and oxygen atoms in total. The molecule has 0 unspecified atom stereocenters. The van der Waals surface area contributed by atoms with Crippen LogP contribution in [0.3, 0.4) is 0 Å². The van der Waals surface area contributed by atoms with Crippen LogP contribution in [0.25, 0.3) is 0 Å². The van der Waals surface area contributed by atoms with E-state index in [0.29, 0.717) is 0 Å². The summed E-state index contributed by atoms with van der Waals surface area (Å²) in [6, 6.07) is 10.8. The second kappa shape index (κ2) is 7.07. The van der Waals surface area contributed by atoms with Crippen molar-refractivity contribution < 1.29 is 5.11 Å². The fraction of sp³-hybridized carbons (Fsp3) is 0.500. The summed E-state index contributed by atoms with van der Waals surface area (Å²) in [6.45, 7) is 1.67. The molecule has 0 bridgehead atoms. The molecule has 0 radical (unpaired) electrons. The number of aliphatic hydroxyl groups is 1. The Morgan fingerprint density at radius 2 is 1.95 bits per heavy atom. The lowest BCUT2D eigenvalue weighted by atomic mass is 9.91. The quantitative estimate of drug-likeness (QED) is 0.923. The van der Waals surface area contributed by atoms with Crippen LogP contribution in [0.2, 0.25) is 0 Å². The van der Waals surface area contributed by atoms with Crippen LogP contribution in [0.1, 0.15) is 36.8 Å². The normalized spacial score (nSPS) is 22.1. The summed E-state index contributed by atoms with van der Waals surface area (Å²) in [5, 5.41) is 14.5. The number of nitrogens with zero attached hydrogens (tertiary/aromatic N) is 3. The number of benzene rings is 1. The third kappa shape index (κ3) is 3.57. The van der Waals surface area contributed by atoms with Gasteiger partial charge in [-0.25, -0.2) is 0 Å². The van der Waals surface area contributed by atoms with Crippen molar-refractivity contribution in [1.29, 1.82) is 0 Å². The molecule has 3 rings (SSSR count). The largest absolute Gasteiger partial charge is 0.391 e. The van der Waals surface area contributed by atoms with Gasteiger partial charge in [-0.3, -0.25) is 9.58 Å². The minimum absolute atomic E-state index is 0.183. The molecule has 1 aliphatic carbocycles. The van der Waals surface area contributed by atoms with Crippen LogP contribution >= 0.6 is 0 Å². The van der Waals surface area contributed by atoms with Crippen LogP contribution in [-0.4, -0.2) is 39.0 Å². The van der Waals surface area contributed by atoms with E-state index in [2.05, 4.69) is 41.3 Å². The SMILES string of the molecule is CN(Cc1ccccc1Cn1cccn1)[C@@H]1CCCC[C@@H]1O.